The second-order valence-corrected chi connectivity index (χ2v) is 7.65. The lowest BCUT2D eigenvalue weighted by atomic mass is 10.2. The zero-order valence-electron chi connectivity index (χ0n) is 11.1. The molecular formula is C12H13Cl2N3O2S2. The summed E-state index contributed by atoms with van der Waals surface area (Å²) in [6, 6.07) is 2.93. The molecule has 0 saturated heterocycles. The molecular weight excluding hydrogens is 353 g/mol. The van der Waals surface area contributed by atoms with Gasteiger partial charge in [-0.2, -0.15) is 0 Å². The zero-order chi connectivity index (χ0) is 15.5. The van der Waals surface area contributed by atoms with Crippen LogP contribution in [0.4, 0.5) is 0 Å². The average molecular weight is 366 g/mol. The van der Waals surface area contributed by atoms with E-state index in [1.165, 1.54) is 23.5 Å². The monoisotopic (exact) mass is 365 g/mol. The van der Waals surface area contributed by atoms with Gasteiger partial charge in [0.1, 0.15) is 4.90 Å². The van der Waals surface area contributed by atoms with Gasteiger partial charge < -0.3 is 5.32 Å². The van der Waals surface area contributed by atoms with Crippen LogP contribution >= 0.6 is 34.5 Å². The van der Waals surface area contributed by atoms with Gasteiger partial charge in [0.25, 0.3) is 0 Å². The van der Waals surface area contributed by atoms with Gasteiger partial charge in [-0.3, -0.25) is 4.98 Å². The highest BCUT2D eigenvalue weighted by Gasteiger charge is 2.21. The van der Waals surface area contributed by atoms with Crippen LogP contribution in [0, 0.1) is 0 Å². The molecule has 114 valence electrons. The van der Waals surface area contributed by atoms with Gasteiger partial charge in [0, 0.05) is 34.7 Å². The summed E-state index contributed by atoms with van der Waals surface area (Å²) >= 11 is 13.6. The van der Waals surface area contributed by atoms with Crippen LogP contribution in [0.25, 0.3) is 0 Å². The molecule has 0 aliphatic heterocycles. The number of benzene rings is 1. The number of sulfonamides is 1. The van der Waals surface area contributed by atoms with Crippen molar-refractivity contribution < 1.29 is 8.42 Å². The van der Waals surface area contributed by atoms with E-state index in [0.29, 0.717) is 17.1 Å². The molecule has 0 aliphatic rings. The first-order chi connectivity index (χ1) is 9.95. The molecule has 1 aromatic heterocycles. The van der Waals surface area contributed by atoms with E-state index in [9.17, 15) is 8.42 Å². The summed E-state index contributed by atoms with van der Waals surface area (Å²) in [7, 11) is -1.98. The van der Waals surface area contributed by atoms with Crippen LogP contribution in [0.2, 0.25) is 10.0 Å². The first-order valence-electron chi connectivity index (χ1n) is 5.94. The third-order valence-corrected chi connectivity index (χ3v) is 5.83. The standard InChI is InChI=1S/C12H13Cl2N3O2S2/c1-15-6-9-10(13)2-3-11(12(9)14)21(18,19)17-5-8-4-16-7-20-8/h2-4,7,15,17H,5-6H2,1H3. The lowest BCUT2D eigenvalue weighted by molar-refractivity contribution is 0.581. The minimum atomic E-state index is -3.71. The second-order valence-electron chi connectivity index (χ2n) is 4.16. The van der Waals surface area contributed by atoms with Gasteiger partial charge in [-0.1, -0.05) is 23.2 Å². The van der Waals surface area contributed by atoms with E-state index in [-0.39, 0.29) is 16.5 Å². The van der Waals surface area contributed by atoms with Crippen molar-refractivity contribution >= 4 is 44.6 Å². The fourth-order valence-electron chi connectivity index (χ4n) is 1.70. The average Bonchev–Trinajstić information content (AvgIpc) is 2.94. The van der Waals surface area contributed by atoms with Crippen molar-refractivity contribution in [1.29, 1.82) is 0 Å². The van der Waals surface area contributed by atoms with Crippen molar-refractivity contribution in [3.8, 4) is 0 Å². The number of aromatic nitrogens is 1. The first kappa shape index (κ1) is 16.7. The Labute approximate surface area is 137 Å². The van der Waals surface area contributed by atoms with E-state index in [0.717, 1.165) is 4.88 Å². The molecule has 2 rings (SSSR count). The molecule has 1 heterocycles. The van der Waals surface area contributed by atoms with Crippen LogP contribution in [0.5, 0.6) is 0 Å². The molecule has 0 bridgehead atoms. The molecule has 0 atom stereocenters. The summed E-state index contributed by atoms with van der Waals surface area (Å²) in [6.45, 7) is 0.559. The van der Waals surface area contributed by atoms with Crippen molar-refractivity contribution in [3.63, 3.8) is 0 Å². The molecule has 0 spiro atoms. The van der Waals surface area contributed by atoms with Crippen molar-refractivity contribution in [2.24, 2.45) is 0 Å². The summed E-state index contributed by atoms with van der Waals surface area (Å²) in [5.41, 5.74) is 2.20. The van der Waals surface area contributed by atoms with Crippen LogP contribution in [0.15, 0.2) is 28.7 Å². The Kier molecular flexibility index (Phi) is 5.59. The molecule has 9 heteroatoms. The van der Waals surface area contributed by atoms with E-state index >= 15 is 0 Å². The van der Waals surface area contributed by atoms with Gasteiger partial charge >= 0.3 is 0 Å². The summed E-state index contributed by atoms with van der Waals surface area (Å²) in [6.07, 6.45) is 1.61. The fourth-order valence-corrected chi connectivity index (χ4v) is 4.24. The largest absolute Gasteiger partial charge is 0.316 e. The normalized spacial score (nSPS) is 11.8. The molecule has 0 saturated carbocycles. The maximum Gasteiger partial charge on any atom is 0.242 e. The maximum absolute atomic E-state index is 12.3. The Morgan fingerprint density at radius 1 is 1.29 bits per heavy atom. The first-order valence-corrected chi connectivity index (χ1v) is 9.06. The van der Waals surface area contributed by atoms with E-state index in [1.807, 2.05) is 0 Å². The third kappa shape index (κ3) is 3.94. The Morgan fingerprint density at radius 3 is 2.67 bits per heavy atom. The number of hydrogen-bond acceptors (Lipinski definition) is 5. The zero-order valence-corrected chi connectivity index (χ0v) is 14.2. The number of hydrogen-bond donors (Lipinski definition) is 2. The van der Waals surface area contributed by atoms with Crippen molar-refractivity contribution in [1.82, 2.24) is 15.0 Å². The molecule has 1 aromatic carbocycles. The summed E-state index contributed by atoms with van der Waals surface area (Å²) in [4.78, 5) is 4.73. The van der Waals surface area contributed by atoms with Crippen molar-refractivity contribution in [3.05, 3.63) is 44.3 Å². The van der Waals surface area contributed by atoms with Crippen LogP contribution in [0.3, 0.4) is 0 Å². The minimum Gasteiger partial charge on any atom is -0.316 e. The number of halogens is 2. The van der Waals surface area contributed by atoms with Crippen LogP contribution in [-0.4, -0.2) is 20.4 Å². The Hall–Kier alpha value is -0.700. The van der Waals surface area contributed by atoms with Gasteiger partial charge in [-0.05, 0) is 19.2 Å². The molecule has 21 heavy (non-hydrogen) atoms. The molecule has 0 aliphatic carbocycles. The van der Waals surface area contributed by atoms with Gasteiger partial charge in [0.15, 0.2) is 0 Å². The summed E-state index contributed by atoms with van der Waals surface area (Å²) in [5, 5.41) is 3.47. The van der Waals surface area contributed by atoms with Crippen LogP contribution < -0.4 is 10.0 Å². The Balaban J connectivity index is 2.29. The van der Waals surface area contributed by atoms with E-state index < -0.39 is 10.0 Å². The highest BCUT2D eigenvalue weighted by molar-refractivity contribution is 7.89. The van der Waals surface area contributed by atoms with Crippen LogP contribution in [-0.2, 0) is 23.1 Å². The van der Waals surface area contributed by atoms with E-state index in [4.69, 9.17) is 23.2 Å². The number of rotatable bonds is 6. The van der Waals surface area contributed by atoms with Crippen molar-refractivity contribution in [2.45, 2.75) is 18.0 Å². The summed E-state index contributed by atoms with van der Waals surface area (Å²) < 4.78 is 27.2. The Bertz CT molecular complexity index is 718. The predicted octanol–water partition coefficient (Wildman–Crippen LogP) is 2.65. The molecule has 2 aromatic rings. The second kappa shape index (κ2) is 7.04. The highest BCUT2D eigenvalue weighted by Crippen LogP contribution is 2.31. The van der Waals surface area contributed by atoms with Gasteiger partial charge in [0.05, 0.1) is 10.5 Å². The fraction of sp³-hybridized carbons (Fsp3) is 0.250. The molecule has 2 N–H and O–H groups in total. The molecule has 0 unspecified atom stereocenters. The maximum atomic E-state index is 12.3. The lowest BCUT2D eigenvalue weighted by Gasteiger charge is -2.12. The minimum absolute atomic E-state index is 0.0170. The molecule has 0 radical (unpaired) electrons. The number of thiazole rings is 1. The molecule has 5 nitrogen and oxygen atoms in total. The van der Waals surface area contributed by atoms with Crippen molar-refractivity contribution in [2.75, 3.05) is 7.05 Å². The van der Waals surface area contributed by atoms with E-state index in [1.54, 1.807) is 18.8 Å². The topological polar surface area (TPSA) is 71.1 Å². The molecule has 0 amide bonds. The molecule has 0 fully saturated rings. The Morgan fingerprint density at radius 2 is 2.05 bits per heavy atom. The van der Waals surface area contributed by atoms with E-state index in [2.05, 4.69) is 15.0 Å². The third-order valence-electron chi connectivity index (χ3n) is 2.71. The smallest absolute Gasteiger partial charge is 0.242 e. The quantitative estimate of drug-likeness (QED) is 0.825. The predicted molar refractivity (Wildman–Crippen MR) is 85.4 cm³/mol. The lowest BCUT2D eigenvalue weighted by Crippen LogP contribution is -2.23. The SMILES string of the molecule is CNCc1c(Cl)ccc(S(=O)(=O)NCc2cncs2)c1Cl. The number of nitrogens with one attached hydrogen (secondary N) is 2. The number of nitrogens with zero attached hydrogens (tertiary/aromatic N) is 1. The highest BCUT2D eigenvalue weighted by atomic mass is 35.5. The van der Waals surface area contributed by atoms with Crippen LogP contribution in [0.1, 0.15) is 10.4 Å². The van der Waals surface area contributed by atoms with Gasteiger partial charge in [-0.25, -0.2) is 13.1 Å². The van der Waals surface area contributed by atoms with Gasteiger partial charge in [0.2, 0.25) is 10.0 Å². The summed E-state index contributed by atoms with van der Waals surface area (Å²) in [5.74, 6) is 0. The van der Waals surface area contributed by atoms with Gasteiger partial charge in [-0.15, -0.1) is 11.3 Å².